The van der Waals surface area contributed by atoms with E-state index >= 15 is 0 Å². The highest BCUT2D eigenvalue weighted by Gasteiger charge is 2.11. The molecule has 0 aromatic carbocycles. The van der Waals surface area contributed by atoms with E-state index in [2.05, 4.69) is 55.6 Å². The van der Waals surface area contributed by atoms with Crippen LogP contribution in [-0.4, -0.2) is 97.4 Å². The van der Waals surface area contributed by atoms with Crippen LogP contribution in [0.2, 0.25) is 0 Å². The zero-order valence-corrected chi connectivity index (χ0v) is 18.9. The van der Waals surface area contributed by atoms with Crippen molar-refractivity contribution in [1.82, 2.24) is 0 Å². The molecule has 0 amide bonds. The fraction of sp³-hybridized carbons (Fsp3) is 1.00. The number of quaternary nitrogens is 2. The maximum atomic E-state index is 8.63. The Labute approximate surface area is 160 Å². The average Bonchev–Trinajstić information content (AvgIpc) is 2.51. The van der Waals surface area contributed by atoms with Gasteiger partial charge in [-0.2, -0.15) is 0 Å². The molecule has 0 spiro atoms. The monoisotopic (exact) mass is 426 g/mol. The van der Waals surface area contributed by atoms with E-state index in [9.17, 15) is 0 Å². The molecule has 0 heterocycles. The maximum absolute atomic E-state index is 8.63. The highest BCUT2D eigenvalue weighted by Crippen LogP contribution is 1.98. The van der Waals surface area contributed by atoms with E-state index in [0.29, 0.717) is 0 Å². The first-order valence-corrected chi connectivity index (χ1v) is 11.1. The van der Waals surface area contributed by atoms with Crippen molar-refractivity contribution in [3.8, 4) is 0 Å². The van der Waals surface area contributed by atoms with Gasteiger partial charge in [-0.15, -0.1) is 0 Å². The molecule has 0 fully saturated rings. The van der Waals surface area contributed by atoms with Crippen LogP contribution >= 0.6 is 0 Å². The van der Waals surface area contributed by atoms with Crippen LogP contribution in [0, 0.1) is 0 Å². The van der Waals surface area contributed by atoms with E-state index in [-0.39, 0.29) is 0 Å². The van der Waals surface area contributed by atoms with Crippen LogP contribution in [0.3, 0.4) is 0 Å². The van der Waals surface area contributed by atoms with Crippen molar-refractivity contribution in [3.63, 3.8) is 0 Å². The summed E-state index contributed by atoms with van der Waals surface area (Å²) < 4.78 is 68.1. The molecule has 0 aromatic rings. The zero-order chi connectivity index (χ0) is 22.2. The average molecular weight is 427 g/mol. The molecule has 0 bridgehead atoms. The van der Waals surface area contributed by atoms with Gasteiger partial charge >= 0.3 is 0 Å². The lowest BCUT2D eigenvalue weighted by atomic mass is 10.4. The molecule has 0 aliphatic rings. The molecule has 0 aliphatic carbocycles. The third kappa shape index (κ3) is 39.0. The highest BCUT2D eigenvalue weighted by atomic mass is 32.3. The van der Waals surface area contributed by atoms with Crippen LogP contribution in [0.4, 0.5) is 0 Å². The van der Waals surface area contributed by atoms with Crippen molar-refractivity contribution < 1.29 is 44.0 Å². The molecule has 0 saturated carbocycles. The predicted molar refractivity (Wildman–Crippen MR) is 100 cm³/mol. The van der Waals surface area contributed by atoms with Gasteiger partial charge in [-0.3, -0.25) is 9.11 Å². The summed E-state index contributed by atoms with van der Waals surface area (Å²) in [4.78, 5) is 0. The molecular formula is C14H38N2O8S2. The Bertz CT molecular complexity index is 433. The summed E-state index contributed by atoms with van der Waals surface area (Å²) in [7, 11) is -5.25. The minimum Gasteiger partial charge on any atom is -0.726 e. The molecule has 0 aromatic heterocycles. The third-order valence-electron chi connectivity index (χ3n) is 4.58. The number of nitrogens with zero attached hydrogens (tertiary/aromatic N) is 2. The van der Waals surface area contributed by atoms with Crippen molar-refractivity contribution in [2.24, 2.45) is 0 Å². The molecule has 0 atom stereocenters. The second-order valence-electron chi connectivity index (χ2n) is 5.99. The van der Waals surface area contributed by atoms with Crippen molar-refractivity contribution in [1.29, 1.82) is 0 Å². The maximum Gasteiger partial charge on any atom is 0.215 e. The fourth-order valence-corrected chi connectivity index (χ4v) is 1.34. The van der Waals surface area contributed by atoms with Crippen LogP contribution in [0.25, 0.3) is 0 Å². The summed E-state index contributed by atoms with van der Waals surface area (Å²) in [6.07, 6.45) is 0. The van der Waals surface area contributed by atoms with Gasteiger partial charge in [0.15, 0.2) is 0 Å². The van der Waals surface area contributed by atoms with E-state index in [4.69, 9.17) is 35.0 Å². The van der Waals surface area contributed by atoms with Gasteiger partial charge < -0.3 is 18.1 Å². The smallest absolute Gasteiger partial charge is 0.215 e. The molecule has 0 saturated heterocycles. The molecule has 164 valence electrons. The Balaban J connectivity index is -0.000000127. The lowest BCUT2D eigenvalue weighted by Crippen LogP contribution is -2.42. The zero-order valence-electron chi connectivity index (χ0n) is 17.3. The first-order chi connectivity index (χ1) is 11.4. The van der Waals surface area contributed by atoms with Crippen LogP contribution in [-0.2, 0) is 20.8 Å². The van der Waals surface area contributed by atoms with Crippen molar-refractivity contribution in [2.75, 3.05) is 53.4 Å². The first-order valence-electron chi connectivity index (χ1n) is 8.40. The molecule has 26 heavy (non-hydrogen) atoms. The number of hydrogen-bond donors (Lipinski definition) is 2. The second kappa shape index (κ2) is 15.7. The topological polar surface area (TPSA) is 155 Å². The van der Waals surface area contributed by atoms with E-state index in [0.717, 1.165) is 0 Å². The summed E-state index contributed by atoms with van der Waals surface area (Å²) in [6, 6.07) is 0. The van der Waals surface area contributed by atoms with Crippen molar-refractivity contribution in [3.05, 3.63) is 0 Å². The van der Waals surface area contributed by atoms with Gasteiger partial charge in [0, 0.05) is 0 Å². The lowest BCUT2D eigenvalue weighted by molar-refractivity contribution is -0.904. The molecule has 0 rings (SSSR count). The third-order valence-corrected chi connectivity index (χ3v) is 4.58. The fourth-order valence-electron chi connectivity index (χ4n) is 1.34. The first kappa shape index (κ1) is 33.3. The van der Waals surface area contributed by atoms with Crippen LogP contribution in [0.15, 0.2) is 0 Å². The van der Waals surface area contributed by atoms with Gasteiger partial charge in [0.25, 0.3) is 0 Å². The molecule has 0 radical (unpaired) electrons. The predicted octanol–water partition coefficient (Wildman–Crippen LogP) is 0.995. The Morgan fingerprint density at radius 1 is 0.577 bits per heavy atom. The number of rotatable bonds is 6. The largest absolute Gasteiger partial charge is 0.726 e. The van der Waals surface area contributed by atoms with Crippen LogP contribution in [0.1, 0.15) is 41.5 Å². The van der Waals surface area contributed by atoms with Gasteiger partial charge in [0.05, 0.1) is 53.4 Å². The summed E-state index contributed by atoms with van der Waals surface area (Å²) in [6.45, 7) is 21.0. The molecular weight excluding hydrogens is 388 g/mol. The SMILES string of the molecule is CC[N+](C)(CC)CC.CC[N+](C)(CC)CC.O=S(=O)([O-])O.O=S(=O)([O-])O. The van der Waals surface area contributed by atoms with Gasteiger partial charge in [0.2, 0.25) is 20.8 Å². The van der Waals surface area contributed by atoms with Crippen molar-refractivity contribution in [2.45, 2.75) is 41.5 Å². The van der Waals surface area contributed by atoms with Gasteiger partial charge in [-0.1, -0.05) is 0 Å². The normalized spacial score (nSPS) is 11.8. The standard InChI is InChI=1S/2C7H18N.2H2O4S/c2*1-5-8(4,6-2)7-3;2*1-5(2,3)4/h2*5-7H2,1-4H3;2*(H2,1,2,3,4)/q2*+1;;/p-2. The molecule has 10 nitrogen and oxygen atoms in total. The number of hydrogen-bond acceptors (Lipinski definition) is 6. The minimum absolute atomic E-state index is 1.21. The molecule has 0 unspecified atom stereocenters. The Morgan fingerprint density at radius 3 is 0.654 bits per heavy atom. The van der Waals surface area contributed by atoms with Crippen LogP contribution in [0.5, 0.6) is 0 Å². The second-order valence-corrected chi connectivity index (χ2v) is 7.70. The Morgan fingerprint density at radius 2 is 0.654 bits per heavy atom. The Kier molecular flexibility index (Phi) is 20.1. The van der Waals surface area contributed by atoms with Gasteiger partial charge in [-0.05, 0) is 41.5 Å². The van der Waals surface area contributed by atoms with E-state index < -0.39 is 20.8 Å². The summed E-state index contributed by atoms with van der Waals surface area (Å²) in [5, 5.41) is 0. The van der Waals surface area contributed by atoms with E-state index in [1.54, 1.807) is 0 Å². The minimum atomic E-state index is -4.92. The molecule has 2 N–H and O–H groups in total. The van der Waals surface area contributed by atoms with Gasteiger partial charge in [-0.25, -0.2) is 16.8 Å². The molecule has 12 heteroatoms. The van der Waals surface area contributed by atoms with E-state index in [1.165, 1.54) is 48.2 Å². The summed E-state index contributed by atoms with van der Waals surface area (Å²) >= 11 is 0. The van der Waals surface area contributed by atoms with Gasteiger partial charge in [0.1, 0.15) is 0 Å². The summed E-state index contributed by atoms with van der Waals surface area (Å²) in [5.41, 5.74) is 0. The van der Waals surface area contributed by atoms with Crippen molar-refractivity contribution >= 4 is 20.8 Å². The Hall–Kier alpha value is -0.340. The molecule has 0 aliphatic heterocycles. The quantitative estimate of drug-likeness (QED) is 0.362. The van der Waals surface area contributed by atoms with E-state index in [1.807, 2.05) is 0 Å². The highest BCUT2D eigenvalue weighted by molar-refractivity contribution is 7.80. The summed E-state index contributed by atoms with van der Waals surface area (Å²) in [5.74, 6) is 0. The lowest BCUT2D eigenvalue weighted by Gasteiger charge is -2.30. The van der Waals surface area contributed by atoms with Crippen LogP contribution < -0.4 is 0 Å².